The minimum atomic E-state index is 0. The van der Waals surface area contributed by atoms with Crippen molar-refractivity contribution in [2.75, 3.05) is 18.4 Å². The Morgan fingerprint density at radius 1 is 1.04 bits per heavy atom. The van der Waals surface area contributed by atoms with Gasteiger partial charge in [0.1, 0.15) is 5.75 Å². The van der Waals surface area contributed by atoms with Gasteiger partial charge in [-0.1, -0.05) is 24.3 Å². The topological polar surface area (TPSA) is 45.6 Å². The maximum Gasteiger partial charge on any atom is 0.195 e. The smallest absolute Gasteiger partial charge is 0.195 e. The van der Waals surface area contributed by atoms with Crippen LogP contribution in [-0.2, 0) is 6.42 Å². The SMILES string of the molecule is CC(C)Oc1ccc(Cc2ccc(NC3=NCCN3)cc2)cc1.Cl. The van der Waals surface area contributed by atoms with Crippen molar-refractivity contribution in [2.45, 2.75) is 26.4 Å². The van der Waals surface area contributed by atoms with E-state index in [-0.39, 0.29) is 18.5 Å². The van der Waals surface area contributed by atoms with Crippen molar-refractivity contribution in [3.63, 3.8) is 0 Å². The first-order chi connectivity index (χ1) is 11.2. The highest BCUT2D eigenvalue weighted by atomic mass is 35.5. The van der Waals surface area contributed by atoms with Crippen LogP contribution in [0.5, 0.6) is 5.75 Å². The average Bonchev–Trinajstić information content (AvgIpc) is 3.04. The van der Waals surface area contributed by atoms with Crippen LogP contribution in [0.3, 0.4) is 0 Å². The first kappa shape index (κ1) is 18.1. The Morgan fingerprint density at radius 2 is 1.67 bits per heavy atom. The Balaban J connectivity index is 0.00000208. The van der Waals surface area contributed by atoms with Crippen molar-refractivity contribution >= 4 is 24.1 Å². The van der Waals surface area contributed by atoms with E-state index < -0.39 is 0 Å². The standard InChI is InChI=1S/C19H23N3O.ClH/c1-14(2)23-18-9-5-16(6-10-18)13-15-3-7-17(8-4-15)22-19-20-11-12-21-19;/h3-10,14H,11-13H2,1-2H3,(H2,20,21,22);1H. The maximum atomic E-state index is 5.67. The van der Waals surface area contributed by atoms with Gasteiger partial charge < -0.3 is 15.4 Å². The number of hydrogen-bond acceptors (Lipinski definition) is 4. The molecular formula is C19H24ClN3O. The molecule has 0 saturated carbocycles. The summed E-state index contributed by atoms with van der Waals surface area (Å²) >= 11 is 0. The zero-order chi connectivity index (χ0) is 16.1. The van der Waals surface area contributed by atoms with E-state index in [1.54, 1.807) is 0 Å². The molecule has 24 heavy (non-hydrogen) atoms. The molecule has 0 radical (unpaired) electrons. The van der Waals surface area contributed by atoms with Crippen LogP contribution in [0.2, 0.25) is 0 Å². The number of ether oxygens (including phenoxy) is 1. The van der Waals surface area contributed by atoms with E-state index in [9.17, 15) is 0 Å². The minimum absolute atomic E-state index is 0. The molecule has 2 N–H and O–H groups in total. The second-order valence-electron chi connectivity index (χ2n) is 5.97. The van der Waals surface area contributed by atoms with Gasteiger partial charge in [0.2, 0.25) is 0 Å². The van der Waals surface area contributed by atoms with E-state index in [1.807, 2.05) is 26.0 Å². The van der Waals surface area contributed by atoms with Gasteiger partial charge in [-0.25, -0.2) is 0 Å². The summed E-state index contributed by atoms with van der Waals surface area (Å²) in [7, 11) is 0. The van der Waals surface area contributed by atoms with Crippen LogP contribution < -0.4 is 15.4 Å². The monoisotopic (exact) mass is 345 g/mol. The normalized spacial score (nSPS) is 13.0. The molecule has 2 aromatic carbocycles. The van der Waals surface area contributed by atoms with Gasteiger partial charge in [0, 0.05) is 12.2 Å². The number of hydrogen-bond donors (Lipinski definition) is 2. The van der Waals surface area contributed by atoms with Crippen LogP contribution >= 0.6 is 12.4 Å². The number of halogens is 1. The summed E-state index contributed by atoms with van der Waals surface area (Å²) in [6.07, 6.45) is 1.13. The summed E-state index contributed by atoms with van der Waals surface area (Å²) in [4.78, 5) is 4.33. The molecule has 0 aliphatic carbocycles. The van der Waals surface area contributed by atoms with Crippen molar-refractivity contribution in [2.24, 2.45) is 4.99 Å². The summed E-state index contributed by atoms with van der Waals surface area (Å²) in [5, 5.41) is 6.49. The molecule has 1 aliphatic heterocycles. The van der Waals surface area contributed by atoms with E-state index >= 15 is 0 Å². The van der Waals surface area contributed by atoms with Crippen molar-refractivity contribution in [1.29, 1.82) is 0 Å². The molecule has 128 valence electrons. The Hall–Kier alpha value is -2.20. The first-order valence-corrected chi connectivity index (χ1v) is 8.09. The molecule has 5 heteroatoms. The number of rotatable bonds is 5. The summed E-state index contributed by atoms with van der Waals surface area (Å²) in [6.45, 7) is 5.83. The molecule has 0 atom stereocenters. The van der Waals surface area contributed by atoms with Crippen LogP contribution in [0.4, 0.5) is 5.69 Å². The predicted octanol–water partition coefficient (Wildman–Crippen LogP) is 3.86. The molecular weight excluding hydrogens is 322 g/mol. The Morgan fingerprint density at radius 3 is 2.21 bits per heavy atom. The fourth-order valence-corrected chi connectivity index (χ4v) is 2.52. The molecule has 0 bridgehead atoms. The summed E-state index contributed by atoms with van der Waals surface area (Å²) in [5.41, 5.74) is 3.63. The van der Waals surface area contributed by atoms with Gasteiger partial charge in [-0.2, -0.15) is 0 Å². The van der Waals surface area contributed by atoms with Gasteiger partial charge >= 0.3 is 0 Å². The number of anilines is 1. The molecule has 0 fully saturated rings. The van der Waals surface area contributed by atoms with E-state index in [0.29, 0.717) is 0 Å². The molecule has 0 saturated heterocycles. The molecule has 0 aromatic heterocycles. The van der Waals surface area contributed by atoms with Gasteiger partial charge in [0.25, 0.3) is 0 Å². The highest BCUT2D eigenvalue weighted by molar-refractivity contribution is 5.94. The van der Waals surface area contributed by atoms with E-state index in [4.69, 9.17) is 4.74 Å². The molecule has 1 heterocycles. The number of nitrogens with one attached hydrogen (secondary N) is 2. The molecule has 0 unspecified atom stereocenters. The zero-order valence-corrected chi connectivity index (χ0v) is 14.9. The third-order valence-electron chi connectivity index (χ3n) is 3.59. The Bertz CT molecular complexity index is 666. The second-order valence-corrected chi connectivity index (χ2v) is 5.97. The lowest BCUT2D eigenvalue weighted by Gasteiger charge is -2.10. The third-order valence-corrected chi connectivity index (χ3v) is 3.59. The lowest BCUT2D eigenvalue weighted by molar-refractivity contribution is 0.242. The van der Waals surface area contributed by atoms with E-state index in [2.05, 4.69) is 52.0 Å². The number of aliphatic imine (C=N–C) groups is 1. The van der Waals surface area contributed by atoms with Crippen molar-refractivity contribution in [3.05, 3.63) is 59.7 Å². The van der Waals surface area contributed by atoms with Crippen molar-refractivity contribution in [1.82, 2.24) is 5.32 Å². The van der Waals surface area contributed by atoms with Gasteiger partial charge in [-0.05, 0) is 55.7 Å². The Kier molecular flexibility index (Phi) is 6.50. The van der Waals surface area contributed by atoms with Crippen LogP contribution in [-0.4, -0.2) is 25.2 Å². The number of benzene rings is 2. The van der Waals surface area contributed by atoms with E-state index in [0.717, 1.165) is 36.9 Å². The molecule has 4 nitrogen and oxygen atoms in total. The van der Waals surface area contributed by atoms with Gasteiger partial charge in [0.05, 0.1) is 12.6 Å². The summed E-state index contributed by atoms with van der Waals surface area (Å²) in [5.74, 6) is 1.78. The fraction of sp³-hybridized carbons (Fsp3) is 0.316. The number of guanidine groups is 1. The van der Waals surface area contributed by atoms with Crippen LogP contribution in [0, 0.1) is 0 Å². The second kappa shape index (κ2) is 8.60. The molecule has 0 amide bonds. The van der Waals surface area contributed by atoms with Crippen LogP contribution in [0.25, 0.3) is 0 Å². The van der Waals surface area contributed by atoms with Crippen molar-refractivity contribution in [3.8, 4) is 5.75 Å². The predicted molar refractivity (Wildman–Crippen MR) is 103 cm³/mol. The Labute approximate surface area is 149 Å². The molecule has 1 aliphatic rings. The quantitative estimate of drug-likeness (QED) is 0.865. The molecule has 2 aromatic rings. The lowest BCUT2D eigenvalue weighted by atomic mass is 10.0. The minimum Gasteiger partial charge on any atom is -0.491 e. The van der Waals surface area contributed by atoms with E-state index in [1.165, 1.54) is 11.1 Å². The largest absolute Gasteiger partial charge is 0.491 e. The third kappa shape index (κ3) is 5.17. The highest BCUT2D eigenvalue weighted by Gasteiger charge is 2.05. The summed E-state index contributed by atoms with van der Waals surface area (Å²) in [6, 6.07) is 16.8. The molecule has 3 rings (SSSR count). The van der Waals surface area contributed by atoms with Gasteiger partial charge in [0.15, 0.2) is 5.96 Å². The van der Waals surface area contributed by atoms with Gasteiger partial charge in [-0.3, -0.25) is 4.99 Å². The maximum absolute atomic E-state index is 5.67. The highest BCUT2D eigenvalue weighted by Crippen LogP contribution is 2.18. The fourth-order valence-electron chi connectivity index (χ4n) is 2.52. The number of nitrogens with zero attached hydrogens (tertiary/aromatic N) is 1. The zero-order valence-electron chi connectivity index (χ0n) is 14.1. The molecule has 0 spiro atoms. The van der Waals surface area contributed by atoms with Crippen molar-refractivity contribution < 1.29 is 4.74 Å². The first-order valence-electron chi connectivity index (χ1n) is 8.09. The van der Waals surface area contributed by atoms with Crippen LogP contribution in [0.1, 0.15) is 25.0 Å². The van der Waals surface area contributed by atoms with Crippen LogP contribution in [0.15, 0.2) is 53.5 Å². The van der Waals surface area contributed by atoms with Gasteiger partial charge in [-0.15, -0.1) is 12.4 Å². The lowest BCUT2D eigenvalue weighted by Crippen LogP contribution is -2.26. The summed E-state index contributed by atoms with van der Waals surface area (Å²) < 4.78 is 5.67. The average molecular weight is 346 g/mol.